The van der Waals surface area contributed by atoms with Crippen LogP contribution in [0.4, 0.5) is 0 Å². The monoisotopic (exact) mass is 404 g/mol. The first-order chi connectivity index (χ1) is 14.6. The zero-order chi connectivity index (χ0) is 21.1. The third-order valence-corrected chi connectivity index (χ3v) is 5.50. The second-order valence-electron chi connectivity index (χ2n) is 7.18. The summed E-state index contributed by atoms with van der Waals surface area (Å²) in [5.74, 6) is 1.03. The number of nitrogens with zero attached hydrogens (tertiary/aromatic N) is 2. The highest BCUT2D eigenvalue weighted by molar-refractivity contribution is 6.07. The minimum atomic E-state index is -0.0757. The maximum absolute atomic E-state index is 13.1. The molecule has 0 N–H and O–H groups in total. The van der Waals surface area contributed by atoms with Gasteiger partial charge in [-0.25, -0.2) is 0 Å². The van der Waals surface area contributed by atoms with Crippen LogP contribution >= 0.6 is 0 Å². The van der Waals surface area contributed by atoms with Crippen LogP contribution in [0.1, 0.15) is 20.7 Å². The molecule has 3 aromatic carbocycles. The van der Waals surface area contributed by atoms with Crippen LogP contribution in [0.5, 0.6) is 11.5 Å². The second kappa shape index (κ2) is 8.45. The Hall–Kier alpha value is -3.54. The molecule has 1 aliphatic rings. The van der Waals surface area contributed by atoms with Gasteiger partial charge in [0.15, 0.2) is 11.5 Å². The molecule has 1 aliphatic heterocycles. The SMILES string of the molecule is COc1ccc(C(=O)N2CCN(C(=O)c3cccc4ccccc34)CC2)cc1OC. The van der Waals surface area contributed by atoms with Crippen LogP contribution in [0.15, 0.2) is 60.7 Å². The molecule has 0 aliphatic carbocycles. The molecule has 154 valence electrons. The van der Waals surface area contributed by atoms with Gasteiger partial charge in [-0.15, -0.1) is 0 Å². The van der Waals surface area contributed by atoms with Gasteiger partial charge in [-0.2, -0.15) is 0 Å². The first kappa shape index (κ1) is 19.8. The van der Waals surface area contributed by atoms with Gasteiger partial charge < -0.3 is 19.3 Å². The van der Waals surface area contributed by atoms with E-state index in [1.54, 1.807) is 37.3 Å². The fourth-order valence-corrected chi connectivity index (χ4v) is 3.85. The zero-order valence-corrected chi connectivity index (χ0v) is 17.1. The number of methoxy groups -OCH3 is 2. The molecule has 6 nitrogen and oxygen atoms in total. The van der Waals surface area contributed by atoms with Crippen molar-refractivity contribution in [2.75, 3.05) is 40.4 Å². The zero-order valence-electron chi connectivity index (χ0n) is 17.1. The highest BCUT2D eigenvalue weighted by Gasteiger charge is 2.26. The summed E-state index contributed by atoms with van der Waals surface area (Å²) in [7, 11) is 3.11. The molecule has 2 amide bonds. The average molecular weight is 404 g/mol. The number of hydrogen-bond donors (Lipinski definition) is 0. The van der Waals surface area contributed by atoms with E-state index in [0.29, 0.717) is 48.8 Å². The summed E-state index contributed by atoms with van der Waals surface area (Å²) >= 11 is 0. The van der Waals surface area contributed by atoms with Gasteiger partial charge >= 0.3 is 0 Å². The van der Waals surface area contributed by atoms with E-state index in [0.717, 1.165) is 10.8 Å². The van der Waals surface area contributed by atoms with E-state index in [2.05, 4.69) is 0 Å². The Kier molecular flexibility index (Phi) is 5.57. The lowest BCUT2D eigenvalue weighted by molar-refractivity contribution is 0.0536. The van der Waals surface area contributed by atoms with Crippen LogP contribution in [-0.4, -0.2) is 62.0 Å². The van der Waals surface area contributed by atoms with E-state index in [4.69, 9.17) is 9.47 Å². The Morgan fingerprint density at radius 3 is 2.07 bits per heavy atom. The number of fused-ring (bicyclic) bond motifs is 1. The summed E-state index contributed by atoms with van der Waals surface area (Å²) in [6, 6.07) is 18.8. The van der Waals surface area contributed by atoms with Crippen molar-refractivity contribution < 1.29 is 19.1 Å². The molecule has 4 rings (SSSR count). The molecule has 0 atom stereocenters. The van der Waals surface area contributed by atoms with E-state index in [-0.39, 0.29) is 11.8 Å². The minimum absolute atomic E-state index is 0.00464. The lowest BCUT2D eigenvalue weighted by Gasteiger charge is -2.35. The van der Waals surface area contributed by atoms with E-state index >= 15 is 0 Å². The Morgan fingerprint density at radius 2 is 1.37 bits per heavy atom. The number of carbonyl (C=O) groups excluding carboxylic acids is 2. The second-order valence-corrected chi connectivity index (χ2v) is 7.18. The number of piperazine rings is 1. The topological polar surface area (TPSA) is 59.1 Å². The predicted octanol–water partition coefficient (Wildman–Crippen LogP) is 3.46. The van der Waals surface area contributed by atoms with Crippen molar-refractivity contribution >= 4 is 22.6 Å². The molecule has 30 heavy (non-hydrogen) atoms. The number of carbonyl (C=O) groups is 2. The van der Waals surface area contributed by atoms with Crippen LogP contribution in [0.25, 0.3) is 10.8 Å². The molecular weight excluding hydrogens is 380 g/mol. The summed E-state index contributed by atoms with van der Waals surface area (Å²) in [5.41, 5.74) is 1.24. The Morgan fingerprint density at radius 1 is 0.733 bits per heavy atom. The quantitative estimate of drug-likeness (QED) is 0.668. The normalized spacial score (nSPS) is 13.9. The number of ether oxygens (including phenoxy) is 2. The predicted molar refractivity (Wildman–Crippen MR) is 115 cm³/mol. The summed E-state index contributed by atoms with van der Waals surface area (Å²) in [5, 5.41) is 2.00. The van der Waals surface area contributed by atoms with Crippen LogP contribution in [-0.2, 0) is 0 Å². The van der Waals surface area contributed by atoms with Gasteiger partial charge in [0.2, 0.25) is 0 Å². The lowest BCUT2D eigenvalue weighted by Crippen LogP contribution is -2.50. The highest BCUT2D eigenvalue weighted by atomic mass is 16.5. The van der Waals surface area contributed by atoms with E-state index < -0.39 is 0 Å². The molecule has 0 radical (unpaired) electrons. The van der Waals surface area contributed by atoms with Gasteiger partial charge in [0.05, 0.1) is 14.2 Å². The maximum atomic E-state index is 13.1. The van der Waals surface area contributed by atoms with Crippen molar-refractivity contribution in [1.82, 2.24) is 9.80 Å². The van der Waals surface area contributed by atoms with Crippen LogP contribution in [0.2, 0.25) is 0 Å². The maximum Gasteiger partial charge on any atom is 0.254 e. The van der Waals surface area contributed by atoms with Gasteiger partial charge in [-0.1, -0.05) is 36.4 Å². The molecule has 1 saturated heterocycles. The standard InChI is InChI=1S/C24H24N2O4/c1-29-21-11-10-18(16-22(21)30-2)23(27)25-12-14-26(15-13-25)24(28)20-9-5-7-17-6-3-4-8-19(17)20/h3-11,16H,12-15H2,1-2H3. The molecular formula is C24H24N2O4. The Labute approximate surface area is 175 Å². The number of benzene rings is 3. The molecule has 1 heterocycles. The Balaban J connectivity index is 1.46. The third-order valence-electron chi connectivity index (χ3n) is 5.50. The average Bonchev–Trinajstić information content (AvgIpc) is 2.82. The fraction of sp³-hybridized carbons (Fsp3) is 0.250. The van der Waals surface area contributed by atoms with Crippen molar-refractivity contribution in [2.24, 2.45) is 0 Å². The van der Waals surface area contributed by atoms with Gasteiger partial charge in [-0.05, 0) is 35.0 Å². The van der Waals surface area contributed by atoms with Crippen LogP contribution < -0.4 is 9.47 Å². The van der Waals surface area contributed by atoms with E-state index in [9.17, 15) is 9.59 Å². The highest BCUT2D eigenvalue weighted by Crippen LogP contribution is 2.28. The first-order valence-corrected chi connectivity index (χ1v) is 9.90. The third kappa shape index (κ3) is 3.68. The largest absolute Gasteiger partial charge is 0.493 e. The summed E-state index contributed by atoms with van der Waals surface area (Å²) in [6.45, 7) is 1.98. The van der Waals surface area contributed by atoms with Gasteiger partial charge in [0.1, 0.15) is 0 Å². The van der Waals surface area contributed by atoms with E-state index in [1.165, 1.54) is 0 Å². The van der Waals surface area contributed by atoms with Gasteiger partial charge in [0.25, 0.3) is 11.8 Å². The molecule has 0 spiro atoms. The molecule has 0 bridgehead atoms. The Bertz CT molecular complexity index is 1080. The number of hydrogen-bond acceptors (Lipinski definition) is 4. The molecule has 0 unspecified atom stereocenters. The molecule has 3 aromatic rings. The van der Waals surface area contributed by atoms with Gasteiger partial charge in [0, 0.05) is 37.3 Å². The smallest absolute Gasteiger partial charge is 0.254 e. The van der Waals surface area contributed by atoms with Crippen molar-refractivity contribution in [3.63, 3.8) is 0 Å². The molecule has 6 heteroatoms. The van der Waals surface area contributed by atoms with Crippen LogP contribution in [0, 0.1) is 0 Å². The summed E-state index contributed by atoms with van der Waals surface area (Å²) < 4.78 is 10.5. The summed E-state index contributed by atoms with van der Waals surface area (Å²) in [6.07, 6.45) is 0. The number of rotatable bonds is 4. The summed E-state index contributed by atoms with van der Waals surface area (Å²) in [4.78, 5) is 29.6. The van der Waals surface area contributed by atoms with Crippen LogP contribution in [0.3, 0.4) is 0 Å². The van der Waals surface area contributed by atoms with Crippen molar-refractivity contribution in [3.8, 4) is 11.5 Å². The van der Waals surface area contributed by atoms with Crippen molar-refractivity contribution in [1.29, 1.82) is 0 Å². The molecule has 1 fully saturated rings. The first-order valence-electron chi connectivity index (χ1n) is 9.90. The molecule has 0 aromatic heterocycles. The number of amides is 2. The van der Waals surface area contributed by atoms with E-state index in [1.807, 2.05) is 47.4 Å². The minimum Gasteiger partial charge on any atom is -0.493 e. The van der Waals surface area contributed by atoms with Gasteiger partial charge in [-0.3, -0.25) is 9.59 Å². The van der Waals surface area contributed by atoms with Crippen molar-refractivity contribution in [3.05, 3.63) is 71.8 Å². The lowest BCUT2D eigenvalue weighted by atomic mass is 10.0. The fourth-order valence-electron chi connectivity index (χ4n) is 3.85. The molecule has 0 saturated carbocycles. The van der Waals surface area contributed by atoms with Crippen molar-refractivity contribution in [2.45, 2.75) is 0 Å².